The van der Waals surface area contributed by atoms with Gasteiger partial charge in [0.2, 0.25) is 0 Å². The molecular weight excluding hydrogens is 284 g/mol. The molecule has 0 unspecified atom stereocenters. The van der Waals surface area contributed by atoms with E-state index in [0.717, 1.165) is 31.6 Å². The highest BCUT2D eigenvalue weighted by molar-refractivity contribution is 5.91. The van der Waals surface area contributed by atoms with Gasteiger partial charge in [0.05, 0.1) is 18.4 Å². The number of imidazole rings is 1. The first-order valence-electron chi connectivity index (χ1n) is 7.39. The molecule has 2 aromatic rings. The highest BCUT2D eigenvalue weighted by Crippen LogP contribution is 2.57. The molecule has 0 aromatic carbocycles. The lowest BCUT2D eigenvalue weighted by atomic mass is 9.55. The van der Waals surface area contributed by atoms with E-state index in [-0.39, 0.29) is 16.6 Å². The molecule has 3 fully saturated rings. The van der Waals surface area contributed by atoms with Gasteiger partial charge in [0.25, 0.3) is 0 Å². The lowest BCUT2D eigenvalue weighted by molar-refractivity contribution is -0.182. The van der Waals surface area contributed by atoms with E-state index in [2.05, 4.69) is 6.92 Å². The Kier molecular flexibility index (Phi) is 2.61. The summed E-state index contributed by atoms with van der Waals surface area (Å²) in [7, 11) is 1.47. The lowest BCUT2D eigenvalue weighted by Gasteiger charge is -2.58. The van der Waals surface area contributed by atoms with Gasteiger partial charge in [-0.25, -0.2) is 9.78 Å². The van der Waals surface area contributed by atoms with Crippen LogP contribution in [0, 0.1) is 0 Å². The highest BCUT2D eigenvalue weighted by Gasteiger charge is 2.57. The summed E-state index contributed by atoms with van der Waals surface area (Å²) >= 11 is 0. The van der Waals surface area contributed by atoms with Crippen molar-refractivity contribution in [2.24, 2.45) is 0 Å². The number of nitrogens with zero attached hydrogens (tertiary/aromatic N) is 2. The number of carboxylic acids is 1. The van der Waals surface area contributed by atoms with Crippen molar-refractivity contribution in [2.45, 2.75) is 37.2 Å². The number of rotatable bonds is 3. The van der Waals surface area contributed by atoms with Crippen molar-refractivity contribution in [3.63, 3.8) is 0 Å². The molecule has 2 bridgehead atoms. The van der Waals surface area contributed by atoms with E-state index in [1.54, 1.807) is 16.7 Å². The minimum atomic E-state index is -1.01. The standard InChI is InChI=1S/C16H18N2O4/c1-15-8-16(9-15,3-4-22-15)12-7-18-6-10(14(19)20)11(21-2)5-13(18)17-12/h5-7H,3-4,8-9H2,1-2H3,(H,19,20). The average Bonchev–Trinajstić information content (AvgIpc) is 2.88. The maximum absolute atomic E-state index is 11.3. The topological polar surface area (TPSA) is 73.1 Å². The third-order valence-electron chi connectivity index (χ3n) is 5.00. The molecule has 116 valence electrons. The molecule has 1 aliphatic carbocycles. The maximum Gasteiger partial charge on any atom is 0.341 e. The molecule has 4 heterocycles. The van der Waals surface area contributed by atoms with Crippen molar-refractivity contribution in [1.29, 1.82) is 0 Å². The Morgan fingerprint density at radius 2 is 2.23 bits per heavy atom. The van der Waals surface area contributed by atoms with Crippen LogP contribution in [-0.4, -0.2) is 39.8 Å². The zero-order valence-corrected chi connectivity index (χ0v) is 12.6. The Labute approximate surface area is 127 Å². The van der Waals surface area contributed by atoms with Crippen LogP contribution in [0.1, 0.15) is 42.2 Å². The minimum absolute atomic E-state index is 0.0159. The molecule has 3 aliphatic rings. The monoisotopic (exact) mass is 302 g/mol. The van der Waals surface area contributed by atoms with E-state index >= 15 is 0 Å². The predicted molar refractivity (Wildman–Crippen MR) is 78.6 cm³/mol. The number of pyridine rings is 1. The molecular formula is C16H18N2O4. The van der Waals surface area contributed by atoms with Crippen LogP contribution in [0.15, 0.2) is 18.5 Å². The largest absolute Gasteiger partial charge is 0.496 e. The van der Waals surface area contributed by atoms with Gasteiger partial charge in [-0.05, 0) is 26.2 Å². The Morgan fingerprint density at radius 1 is 1.45 bits per heavy atom. The molecule has 2 aliphatic heterocycles. The SMILES string of the molecule is COc1cc2nc(C34CCOC(C)(C3)C4)cn2cc1C(=O)O. The fourth-order valence-electron chi connectivity index (χ4n) is 4.06. The fourth-order valence-corrected chi connectivity index (χ4v) is 4.06. The van der Waals surface area contributed by atoms with Gasteiger partial charge >= 0.3 is 5.97 Å². The van der Waals surface area contributed by atoms with E-state index in [1.807, 2.05) is 6.20 Å². The number of ether oxygens (including phenoxy) is 2. The molecule has 5 rings (SSSR count). The highest BCUT2D eigenvalue weighted by atomic mass is 16.5. The number of hydrogen-bond donors (Lipinski definition) is 1. The molecule has 6 heteroatoms. The van der Waals surface area contributed by atoms with Gasteiger partial charge in [-0.3, -0.25) is 0 Å². The van der Waals surface area contributed by atoms with Gasteiger partial charge in [-0.2, -0.15) is 0 Å². The van der Waals surface area contributed by atoms with Crippen molar-refractivity contribution in [1.82, 2.24) is 9.38 Å². The van der Waals surface area contributed by atoms with Crippen molar-refractivity contribution in [3.05, 3.63) is 29.7 Å². The molecule has 1 N–H and O–H groups in total. The Bertz CT molecular complexity index is 774. The number of carbonyl (C=O) groups is 1. The third-order valence-corrected chi connectivity index (χ3v) is 5.00. The smallest absolute Gasteiger partial charge is 0.341 e. The average molecular weight is 302 g/mol. The van der Waals surface area contributed by atoms with Crippen LogP contribution >= 0.6 is 0 Å². The molecule has 22 heavy (non-hydrogen) atoms. The summed E-state index contributed by atoms with van der Waals surface area (Å²) in [6, 6.07) is 1.68. The number of methoxy groups -OCH3 is 1. The summed E-state index contributed by atoms with van der Waals surface area (Å²) in [5.74, 6) is -0.672. The fraction of sp³-hybridized carbons (Fsp3) is 0.500. The molecule has 0 spiro atoms. The zero-order chi connectivity index (χ0) is 15.5. The predicted octanol–water partition coefficient (Wildman–Crippen LogP) is 2.25. The first kappa shape index (κ1) is 13.6. The minimum Gasteiger partial charge on any atom is -0.496 e. The molecule has 0 amide bonds. The second kappa shape index (κ2) is 4.23. The molecule has 6 nitrogen and oxygen atoms in total. The van der Waals surface area contributed by atoms with Gasteiger partial charge in [0.1, 0.15) is 17.0 Å². The number of carboxylic acid groups (broad SMARTS) is 1. The second-order valence-electron chi connectivity index (χ2n) is 6.63. The van der Waals surface area contributed by atoms with Crippen LogP contribution in [0.4, 0.5) is 0 Å². The second-order valence-corrected chi connectivity index (χ2v) is 6.63. The quantitative estimate of drug-likeness (QED) is 0.941. The van der Waals surface area contributed by atoms with Crippen molar-refractivity contribution in [2.75, 3.05) is 13.7 Å². The van der Waals surface area contributed by atoms with Gasteiger partial charge in [-0.15, -0.1) is 0 Å². The van der Waals surface area contributed by atoms with Crippen LogP contribution in [0.5, 0.6) is 5.75 Å². The summed E-state index contributed by atoms with van der Waals surface area (Å²) < 4.78 is 12.8. The van der Waals surface area contributed by atoms with Gasteiger partial charge in [-0.1, -0.05) is 0 Å². The summed E-state index contributed by atoms with van der Waals surface area (Å²) in [5, 5.41) is 9.27. The van der Waals surface area contributed by atoms with E-state index in [0.29, 0.717) is 11.4 Å². The van der Waals surface area contributed by atoms with E-state index < -0.39 is 5.97 Å². The maximum atomic E-state index is 11.3. The Hall–Kier alpha value is -2.08. The van der Waals surface area contributed by atoms with Crippen LogP contribution in [0.3, 0.4) is 0 Å². The van der Waals surface area contributed by atoms with Crippen molar-refractivity contribution < 1.29 is 19.4 Å². The zero-order valence-electron chi connectivity index (χ0n) is 12.6. The lowest BCUT2D eigenvalue weighted by Crippen LogP contribution is -2.59. The summed E-state index contributed by atoms with van der Waals surface area (Å²) in [5.41, 5.74) is 1.94. The number of aromatic nitrogens is 2. The first-order valence-corrected chi connectivity index (χ1v) is 7.39. The third kappa shape index (κ3) is 1.76. The van der Waals surface area contributed by atoms with Crippen LogP contribution in [-0.2, 0) is 10.2 Å². The number of fused-ring (bicyclic) bond motifs is 3. The molecule has 0 radical (unpaired) electrons. The van der Waals surface area contributed by atoms with Crippen LogP contribution in [0.2, 0.25) is 0 Å². The van der Waals surface area contributed by atoms with E-state index in [9.17, 15) is 9.90 Å². The number of hydrogen-bond acceptors (Lipinski definition) is 4. The van der Waals surface area contributed by atoms with E-state index in [4.69, 9.17) is 14.5 Å². The first-order chi connectivity index (χ1) is 10.4. The number of aromatic carboxylic acids is 1. The van der Waals surface area contributed by atoms with Gasteiger partial charge in [0.15, 0.2) is 0 Å². The molecule has 2 aromatic heterocycles. The van der Waals surface area contributed by atoms with Gasteiger partial charge in [0, 0.05) is 30.5 Å². The van der Waals surface area contributed by atoms with Gasteiger partial charge < -0.3 is 19.0 Å². The van der Waals surface area contributed by atoms with Crippen molar-refractivity contribution in [3.8, 4) is 5.75 Å². The van der Waals surface area contributed by atoms with Crippen LogP contribution < -0.4 is 4.74 Å². The Balaban J connectivity index is 1.80. The summed E-state index contributed by atoms with van der Waals surface area (Å²) in [6.45, 7) is 2.90. The molecule has 2 saturated heterocycles. The summed E-state index contributed by atoms with van der Waals surface area (Å²) in [4.78, 5) is 16.0. The molecule has 0 atom stereocenters. The molecule has 1 saturated carbocycles. The van der Waals surface area contributed by atoms with Crippen LogP contribution in [0.25, 0.3) is 5.65 Å². The Morgan fingerprint density at radius 3 is 2.86 bits per heavy atom. The summed E-state index contributed by atoms with van der Waals surface area (Å²) in [6.07, 6.45) is 6.45. The van der Waals surface area contributed by atoms with E-state index in [1.165, 1.54) is 7.11 Å². The van der Waals surface area contributed by atoms with Crippen molar-refractivity contribution >= 4 is 11.6 Å². The normalized spacial score (nSPS) is 30.1.